The molecule has 3 heterocycles. The number of benzene rings is 2. The van der Waals surface area contributed by atoms with E-state index in [0.717, 1.165) is 32.5 Å². The van der Waals surface area contributed by atoms with E-state index in [1.54, 1.807) is 0 Å². The maximum atomic E-state index is 5.48. The first-order chi connectivity index (χ1) is 12.7. The van der Waals surface area contributed by atoms with E-state index < -0.39 is 0 Å². The molecule has 0 atom stereocenters. The first-order valence-electron chi connectivity index (χ1n) is 8.03. The van der Waals surface area contributed by atoms with Crippen molar-refractivity contribution in [1.82, 2.24) is 24.2 Å². The van der Waals surface area contributed by atoms with Gasteiger partial charge in [-0.25, -0.2) is 5.10 Å². The van der Waals surface area contributed by atoms with Crippen molar-refractivity contribution >= 4 is 39.4 Å². The van der Waals surface area contributed by atoms with Crippen molar-refractivity contribution in [2.45, 2.75) is 0 Å². The molecule has 1 N–H and O–H groups in total. The number of H-pyrrole nitrogens is 1. The lowest BCUT2D eigenvalue weighted by Crippen LogP contribution is -2.02. The predicted octanol–water partition coefficient (Wildman–Crippen LogP) is 5.14. The monoisotopic (exact) mass is 421 g/mol. The van der Waals surface area contributed by atoms with Gasteiger partial charge in [0.05, 0.1) is 21.4 Å². The molecule has 0 fully saturated rings. The van der Waals surface area contributed by atoms with Crippen molar-refractivity contribution in [2.24, 2.45) is 0 Å². The van der Waals surface area contributed by atoms with Crippen LogP contribution in [0.25, 0.3) is 33.8 Å². The molecule has 0 bridgehead atoms. The topological polar surface area (TPSA) is 50.4 Å². The minimum absolute atomic E-state index is 0.526. The van der Waals surface area contributed by atoms with E-state index in [-0.39, 0.29) is 0 Å². The zero-order valence-corrected chi connectivity index (χ0v) is 15.8. The zero-order chi connectivity index (χ0) is 17.7. The molecule has 0 radical (unpaired) electrons. The van der Waals surface area contributed by atoms with Crippen molar-refractivity contribution in [3.8, 4) is 22.5 Å². The summed E-state index contributed by atoms with van der Waals surface area (Å²) in [5.41, 5.74) is 4.87. The molecule has 0 aliphatic heterocycles. The largest absolute Gasteiger partial charge is 0.255 e. The van der Waals surface area contributed by atoms with Gasteiger partial charge in [0.1, 0.15) is 0 Å². The highest BCUT2D eigenvalue weighted by Crippen LogP contribution is 2.34. The van der Waals surface area contributed by atoms with Crippen LogP contribution in [-0.2, 0) is 0 Å². The maximum absolute atomic E-state index is 5.48. The van der Waals surface area contributed by atoms with Gasteiger partial charge in [-0.2, -0.15) is 9.61 Å². The van der Waals surface area contributed by atoms with Crippen LogP contribution in [0.15, 0.2) is 71.2 Å². The quantitative estimate of drug-likeness (QED) is 0.401. The third kappa shape index (κ3) is 2.24. The summed E-state index contributed by atoms with van der Waals surface area (Å²) in [5, 5.41) is 12.1. The average Bonchev–Trinajstić information content (AvgIpc) is 3.29. The SMILES string of the molecule is S=c1[nH]nc2n1c(-c1ccccc1)c(Br)c1cc(-c3ccccc3)nn12. The number of aromatic amines is 1. The lowest BCUT2D eigenvalue weighted by molar-refractivity contribution is 0.930. The molecule has 126 valence electrons. The van der Waals surface area contributed by atoms with Crippen LogP contribution >= 0.6 is 28.1 Å². The van der Waals surface area contributed by atoms with Gasteiger partial charge in [0.25, 0.3) is 5.78 Å². The molecular formula is C19H12BrN5S. The van der Waals surface area contributed by atoms with Gasteiger partial charge in [0.15, 0.2) is 0 Å². The first-order valence-corrected chi connectivity index (χ1v) is 9.23. The molecular weight excluding hydrogens is 410 g/mol. The second kappa shape index (κ2) is 5.89. The number of nitrogens with zero attached hydrogens (tertiary/aromatic N) is 4. The van der Waals surface area contributed by atoms with Crippen molar-refractivity contribution in [3.63, 3.8) is 0 Å². The lowest BCUT2D eigenvalue weighted by atomic mass is 10.1. The molecule has 0 unspecified atom stereocenters. The van der Waals surface area contributed by atoms with Crippen molar-refractivity contribution < 1.29 is 0 Å². The first kappa shape index (κ1) is 15.5. The summed E-state index contributed by atoms with van der Waals surface area (Å²) in [6.45, 7) is 0. The molecule has 5 aromatic rings. The number of halogens is 1. The molecule has 5 rings (SSSR count). The molecule has 2 aromatic carbocycles. The van der Waals surface area contributed by atoms with Gasteiger partial charge in [-0.05, 0) is 39.8 Å². The number of aromatic nitrogens is 5. The van der Waals surface area contributed by atoms with Crippen LogP contribution in [0.1, 0.15) is 0 Å². The maximum Gasteiger partial charge on any atom is 0.255 e. The number of fused-ring (bicyclic) bond motifs is 3. The van der Waals surface area contributed by atoms with Gasteiger partial charge in [0, 0.05) is 5.56 Å². The molecule has 0 amide bonds. The highest BCUT2D eigenvalue weighted by atomic mass is 79.9. The molecule has 5 nitrogen and oxygen atoms in total. The van der Waals surface area contributed by atoms with E-state index >= 15 is 0 Å². The van der Waals surface area contributed by atoms with Crippen LogP contribution in [0.2, 0.25) is 0 Å². The summed E-state index contributed by atoms with van der Waals surface area (Å²) in [6, 6.07) is 22.3. The molecule has 7 heteroatoms. The van der Waals surface area contributed by atoms with Crippen LogP contribution in [0.4, 0.5) is 0 Å². The number of hydrogen-bond acceptors (Lipinski definition) is 3. The summed E-state index contributed by atoms with van der Waals surface area (Å²) in [7, 11) is 0. The molecule has 0 saturated carbocycles. The number of hydrogen-bond donors (Lipinski definition) is 1. The van der Waals surface area contributed by atoms with Crippen LogP contribution in [0.3, 0.4) is 0 Å². The second-order valence-corrected chi connectivity index (χ2v) is 7.07. The second-order valence-electron chi connectivity index (χ2n) is 5.89. The van der Waals surface area contributed by atoms with E-state index in [4.69, 9.17) is 17.3 Å². The Morgan fingerprint density at radius 1 is 0.923 bits per heavy atom. The third-order valence-corrected chi connectivity index (χ3v) is 5.38. The fourth-order valence-electron chi connectivity index (χ4n) is 3.14. The highest BCUT2D eigenvalue weighted by Gasteiger charge is 2.19. The van der Waals surface area contributed by atoms with E-state index in [9.17, 15) is 0 Å². The minimum atomic E-state index is 0.526. The summed E-state index contributed by atoms with van der Waals surface area (Å²) in [4.78, 5) is 0. The predicted molar refractivity (Wildman–Crippen MR) is 108 cm³/mol. The van der Waals surface area contributed by atoms with Gasteiger partial charge < -0.3 is 0 Å². The molecule has 0 saturated heterocycles. The Kier molecular flexibility index (Phi) is 3.51. The van der Waals surface area contributed by atoms with Gasteiger partial charge in [-0.15, -0.1) is 5.10 Å². The fraction of sp³-hybridized carbons (Fsp3) is 0. The standard InChI is InChI=1S/C19H12BrN5S/c20-16-15-11-14(12-7-3-1-4-8-12)23-25(15)18-21-22-19(26)24(18)17(16)13-9-5-2-6-10-13/h1-11H,(H,22,26). The average molecular weight is 422 g/mol. The number of nitrogens with one attached hydrogen (secondary N) is 1. The van der Waals surface area contributed by atoms with E-state index in [0.29, 0.717) is 10.5 Å². The van der Waals surface area contributed by atoms with Gasteiger partial charge in [0.2, 0.25) is 4.77 Å². The molecule has 0 aliphatic carbocycles. The molecule has 3 aromatic heterocycles. The van der Waals surface area contributed by atoms with Crippen molar-refractivity contribution in [2.75, 3.05) is 0 Å². The van der Waals surface area contributed by atoms with Gasteiger partial charge >= 0.3 is 0 Å². The van der Waals surface area contributed by atoms with E-state index in [1.807, 2.05) is 57.4 Å². The summed E-state index contributed by atoms with van der Waals surface area (Å²) in [6.07, 6.45) is 0. The normalized spacial score (nSPS) is 11.4. The Balaban J connectivity index is 1.92. The van der Waals surface area contributed by atoms with Crippen molar-refractivity contribution in [1.29, 1.82) is 0 Å². The minimum Gasteiger partial charge on any atom is -0.251 e. The number of rotatable bonds is 2. The Labute approximate surface area is 162 Å². The zero-order valence-electron chi connectivity index (χ0n) is 13.4. The van der Waals surface area contributed by atoms with Crippen LogP contribution in [-0.4, -0.2) is 24.2 Å². The lowest BCUT2D eigenvalue weighted by Gasteiger charge is -2.10. The molecule has 0 aliphatic rings. The summed E-state index contributed by atoms with van der Waals surface area (Å²) >= 11 is 9.26. The Bertz CT molecular complexity index is 1300. The summed E-state index contributed by atoms with van der Waals surface area (Å²) < 4.78 is 5.16. The van der Waals surface area contributed by atoms with Crippen LogP contribution < -0.4 is 0 Å². The van der Waals surface area contributed by atoms with Crippen molar-refractivity contribution in [3.05, 3.63) is 76.0 Å². The summed E-state index contributed by atoms with van der Waals surface area (Å²) in [5.74, 6) is 0.647. The Morgan fingerprint density at radius 3 is 2.27 bits per heavy atom. The smallest absolute Gasteiger partial charge is 0.251 e. The fourth-order valence-corrected chi connectivity index (χ4v) is 4.05. The van der Waals surface area contributed by atoms with Crippen LogP contribution in [0.5, 0.6) is 0 Å². The Hall–Kier alpha value is -2.77. The van der Waals surface area contributed by atoms with E-state index in [2.05, 4.69) is 44.3 Å². The van der Waals surface area contributed by atoms with Crippen LogP contribution in [0, 0.1) is 4.77 Å². The van der Waals surface area contributed by atoms with E-state index in [1.165, 1.54) is 0 Å². The molecule has 26 heavy (non-hydrogen) atoms. The highest BCUT2D eigenvalue weighted by molar-refractivity contribution is 9.10. The van der Waals surface area contributed by atoms with Gasteiger partial charge in [-0.3, -0.25) is 4.40 Å². The third-order valence-electron chi connectivity index (χ3n) is 4.33. The Morgan fingerprint density at radius 2 is 1.58 bits per heavy atom. The van der Waals surface area contributed by atoms with Gasteiger partial charge in [-0.1, -0.05) is 60.7 Å². The molecule has 0 spiro atoms.